The molecular weight excluding hydrogens is 344 g/mol. The molecule has 1 fully saturated rings. The molecule has 3 rings (SSSR count). The minimum atomic E-state index is 0.628. The van der Waals surface area contributed by atoms with Crippen LogP contribution in [0.3, 0.4) is 0 Å². The minimum Gasteiger partial charge on any atom is -0.375 e. The number of rotatable bonds is 3. The quantitative estimate of drug-likeness (QED) is 0.847. The molecule has 5 heteroatoms. The smallest absolute Gasteiger partial charge is 0.180 e. The zero-order valence-corrected chi connectivity index (χ0v) is 13.7. The summed E-state index contributed by atoms with van der Waals surface area (Å²) >= 11 is 11.4. The maximum Gasteiger partial charge on any atom is 0.180 e. The molecule has 0 spiro atoms. The van der Waals surface area contributed by atoms with Gasteiger partial charge in [-0.2, -0.15) is 0 Å². The van der Waals surface area contributed by atoms with Crippen molar-refractivity contribution in [1.29, 1.82) is 0 Å². The van der Waals surface area contributed by atoms with E-state index in [0.717, 1.165) is 21.5 Å². The highest BCUT2D eigenvalue weighted by Crippen LogP contribution is 2.44. The molecule has 2 aromatic rings. The normalized spacial score (nSPS) is 14.9. The molecule has 0 aliphatic heterocycles. The summed E-state index contributed by atoms with van der Waals surface area (Å²) < 4.78 is 1.10. The number of nitrogens with zero attached hydrogens (tertiary/aromatic N) is 1. The lowest BCUT2D eigenvalue weighted by atomic mass is 10.1. The van der Waals surface area contributed by atoms with Crippen molar-refractivity contribution in [3.63, 3.8) is 0 Å². The number of hydrogen-bond acceptors (Lipinski definition) is 3. The highest BCUT2D eigenvalue weighted by atomic mass is 79.9. The molecule has 1 heterocycles. The number of halogens is 2. The van der Waals surface area contributed by atoms with E-state index in [-0.39, 0.29) is 0 Å². The van der Waals surface area contributed by atoms with Crippen LogP contribution in [0.4, 0.5) is 5.13 Å². The standard InChI is InChI=1S/C14H14BrClN2S/c1-7-4-10(15)9(5-11(7)16)6-12-13(8-2-3-8)18-14(17)19-12/h4-5,8H,2-3,6H2,1H3,(H2,17,18). The molecule has 1 aromatic carbocycles. The number of nitrogens with two attached hydrogens (primary N) is 1. The van der Waals surface area contributed by atoms with Gasteiger partial charge in [-0.05, 0) is 43.0 Å². The van der Waals surface area contributed by atoms with Gasteiger partial charge in [-0.3, -0.25) is 0 Å². The molecule has 0 unspecified atom stereocenters. The molecule has 1 aliphatic rings. The van der Waals surface area contributed by atoms with Crippen LogP contribution in [-0.4, -0.2) is 4.98 Å². The Hall–Kier alpha value is -0.580. The van der Waals surface area contributed by atoms with Crippen LogP contribution in [-0.2, 0) is 6.42 Å². The Morgan fingerprint density at radius 1 is 1.47 bits per heavy atom. The molecule has 0 bridgehead atoms. The number of anilines is 1. The lowest BCUT2D eigenvalue weighted by Gasteiger charge is -2.07. The Labute approximate surface area is 130 Å². The zero-order chi connectivity index (χ0) is 13.6. The molecule has 1 aromatic heterocycles. The van der Waals surface area contributed by atoms with Crippen molar-refractivity contribution < 1.29 is 0 Å². The van der Waals surface area contributed by atoms with Gasteiger partial charge in [0.05, 0.1) is 5.69 Å². The van der Waals surface area contributed by atoms with Crippen molar-refractivity contribution in [2.45, 2.75) is 32.1 Å². The van der Waals surface area contributed by atoms with Gasteiger partial charge in [-0.25, -0.2) is 4.98 Å². The van der Waals surface area contributed by atoms with Crippen molar-refractivity contribution >= 4 is 44.0 Å². The number of benzene rings is 1. The van der Waals surface area contributed by atoms with E-state index in [4.69, 9.17) is 17.3 Å². The van der Waals surface area contributed by atoms with Gasteiger partial charge in [0.1, 0.15) is 0 Å². The second-order valence-corrected chi connectivity index (χ2v) is 7.38. The summed E-state index contributed by atoms with van der Waals surface area (Å²) in [4.78, 5) is 5.76. The van der Waals surface area contributed by atoms with E-state index in [0.29, 0.717) is 11.0 Å². The van der Waals surface area contributed by atoms with Gasteiger partial charge in [-0.15, -0.1) is 11.3 Å². The van der Waals surface area contributed by atoms with E-state index < -0.39 is 0 Å². The third-order valence-electron chi connectivity index (χ3n) is 3.39. The first-order chi connectivity index (χ1) is 9.04. The number of hydrogen-bond donors (Lipinski definition) is 1. The molecule has 0 amide bonds. The summed E-state index contributed by atoms with van der Waals surface area (Å²) in [5.74, 6) is 0.628. The summed E-state index contributed by atoms with van der Waals surface area (Å²) in [7, 11) is 0. The van der Waals surface area contributed by atoms with Gasteiger partial charge in [0, 0.05) is 26.7 Å². The van der Waals surface area contributed by atoms with Crippen molar-refractivity contribution in [2.24, 2.45) is 0 Å². The fourth-order valence-electron chi connectivity index (χ4n) is 2.18. The maximum atomic E-state index is 6.21. The van der Waals surface area contributed by atoms with Gasteiger partial charge in [0.2, 0.25) is 0 Å². The fraction of sp³-hybridized carbons (Fsp3) is 0.357. The molecule has 19 heavy (non-hydrogen) atoms. The van der Waals surface area contributed by atoms with Crippen LogP contribution in [0.15, 0.2) is 16.6 Å². The number of thiazole rings is 1. The SMILES string of the molecule is Cc1cc(Br)c(Cc2sc(N)nc2C2CC2)cc1Cl. The zero-order valence-electron chi connectivity index (χ0n) is 10.5. The molecule has 0 saturated heterocycles. The van der Waals surface area contributed by atoms with E-state index in [9.17, 15) is 0 Å². The van der Waals surface area contributed by atoms with E-state index in [1.54, 1.807) is 11.3 Å². The minimum absolute atomic E-state index is 0.628. The van der Waals surface area contributed by atoms with E-state index in [1.807, 2.05) is 13.0 Å². The van der Waals surface area contributed by atoms with Crippen LogP contribution in [0.1, 0.15) is 40.5 Å². The molecular formula is C14H14BrClN2S. The average molecular weight is 358 g/mol. The van der Waals surface area contributed by atoms with Crippen molar-refractivity contribution in [2.75, 3.05) is 5.73 Å². The van der Waals surface area contributed by atoms with Crippen molar-refractivity contribution in [3.05, 3.63) is 43.3 Å². The van der Waals surface area contributed by atoms with Gasteiger partial charge in [0.15, 0.2) is 5.13 Å². The Bertz CT molecular complexity index is 635. The van der Waals surface area contributed by atoms with Crippen LogP contribution < -0.4 is 5.73 Å². The van der Waals surface area contributed by atoms with Crippen LogP contribution in [0, 0.1) is 6.92 Å². The van der Waals surface area contributed by atoms with Gasteiger partial charge < -0.3 is 5.73 Å². The monoisotopic (exact) mass is 356 g/mol. The average Bonchev–Trinajstić information content (AvgIpc) is 3.11. The molecule has 1 aliphatic carbocycles. The number of aromatic nitrogens is 1. The van der Waals surface area contributed by atoms with Crippen LogP contribution in [0.2, 0.25) is 5.02 Å². The van der Waals surface area contributed by atoms with Gasteiger partial charge in [-0.1, -0.05) is 27.5 Å². The van der Waals surface area contributed by atoms with Gasteiger partial charge >= 0.3 is 0 Å². The van der Waals surface area contributed by atoms with Crippen molar-refractivity contribution in [3.8, 4) is 0 Å². The van der Waals surface area contributed by atoms with Crippen LogP contribution in [0.25, 0.3) is 0 Å². The van der Waals surface area contributed by atoms with Crippen LogP contribution in [0.5, 0.6) is 0 Å². The maximum absolute atomic E-state index is 6.21. The summed E-state index contributed by atoms with van der Waals surface area (Å²) in [5, 5.41) is 1.48. The predicted octanol–water partition coefficient (Wildman–Crippen LogP) is 4.92. The second-order valence-electron chi connectivity index (χ2n) is 5.00. The predicted molar refractivity (Wildman–Crippen MR) is 85.2 cm³/mol. The topological polar surface area (TPSA) is 38.9 Å². The first-order valence-corrected chi connectivity index (χ1v) is 8.23. The largest absolute Gasteiger partial charge is 0.375 e. The summed E-state index contributed by atoms with van der Waals surface area (Å²) in [6.07, 6.45) is 3.33. The molecule has 2 nitrogen and oxygen atoms in total. The summed E-state index contributed by atoms with van der Waals surface area (Å²) in [6, 6.07) is 4.10. The first kappa shape index (κ1) is 13.4. The lowest BCUT2D eigenvalue weighted by molar-refractivity contribution is 1.01. The highest BCUT2D eigenvalue weighted by Gasteiger charge is 2.29. The lowest BCUT2D eigenvalue weighted by Crippen LogP contribution is -1.93. The third-order valence-corrected chi connectivity index (χ3v) is 5.43. The number of nitrogen functional groups attached to an aromatic ring is 1. The highest BCUT2D eigenvalue weighted by molar-refractivity contribution is 9.10. The molecule has 2 N–H and O–H groups in total. The Balaban J connectivity index is 1.95. The molecule has 0 atom stereocenters. The Morgan fingerprint density at radius 2 is 2.21 bits per heavy atom. The molecule has 0 radical (unpaired) electrons. The Kier molecular flexibility index (Phi) is 3.58. The summed E-state index contributed by atoms with van der Waals surface area (Å²) in [5.41, 5.74) is 9.34. The van der Waals surface area contributed by atoms with E-state index in [2.05, 4.69) is 27.0 Å². The Morgan fingerprint density at radius 3 is 2.89 bits per heavy atom. The van der Waals surface area contributed by atoms with Gasteiger partial charge in [0.25, 0.3) is 0 Å². The first-order valence-electron chi connectivity index (χ1n) is 6.24. The second kappa shape index (κ2) is 5.08. The summed E-state index contributed by atoms with van der Waals surface area (Å²) in [6.45, 7) is 2.01. The van der Waals surface area contributed by atoms with Crippen molar-refractivity contribution in [1.82, 2.24) is 4.98 Å². The molecule has 1 saturated carbocycles. The third kappa shape index (κ3) is 2.81. The number of aryl methyl sites for hydroxylation is 1. The fourth-order valence-corrected chi connectivity index (χ4v) is 3.91. The van der Waals surface area contributed by atoms with E-state index in [1.165, 1.54) is 29.0 Å². The van der Waals surface area contributed by atoms with E-state index >= 15 is 0 Å². The van der Waals surface area contributed by atoms with Crippen LogP contribution >= 0.6 is 38.9 Å². The molecule has 100 valence electrons.